The van der Waals surface area contributed by atoms with Crippen molar-refractivity contribution in [3.8, 4) is 0 Å². The Morgan fingerprint density at radius 3 is 3.25 bits per heavy atom. The number of alkyl halides is 1. The molecule has 0 amide bonds. The first-order chi connectivity index (χ1) is 5.68. The Morgan fingerprint density at radius 2 is 2.58 bits per heavy atom. The van der Waals surface area contributed by atoms with Gasteiger partial charge in [-0.3, -0.25) is 0 Å². The molecular weight excluding hydrogens is 184 g/mol. The van der Waals surface area contributed by atoms with Crippen molar-refractivity contribution in [3.63, 3.8) is 0 Å². The van der Waals surface area contributed by atoms with Gasteiger partial charge in [0.15, 0.2) is 0 Å². The standard InChI is InChI=1S/C6H7ClN2O3/c1-11-4-3-2-8-9-6(3,7)5(10)12-4/h3-4H,2H2,1H3/t3-,4-,6-/m0/s1. The number of azo groups is 1. The number of halogens is 1. The maximum absolute atomic E-state index is 11.2. The average molecular weight is 191 g/mol. The minimum atomic E-state index is -1.32. The normalized spacial score (nSPS) is 44.7. The molecule has 6 heteroatoms. The van der Waals surface area contributed by atoms with Crippen LogP contribution < -0.4 is 0 Å². The minimum Gasteiger partial charge on any atom is -0.432 e. The zero-order valence-electron chi connectivity index (χ0n) is 6.36. The van der Waals surface area contributed by atoms with Gasteiger partial charge < -0.3 is 9.47 Å². The Labute approximate surface area is 73.7 Å². The molecule has 0 aromatic heterocycles. The van der Waals surface area contributed by atoms with Crippen LogP contribution in [0, 0.1) is 5.92 Å². The number of methoxy groups -OCH3 is 1. The fourth-order valence-electron chi connectivity index (χ4n) is 1.37. The monoisotopic (exact) mass is 190 g/mol. The number of carbonyl (C=O) groups is 1. The number of nitrogens with zero attached hydrogens (tertiary/aromatic N) is 2. The smallest absolute Gasteiger partial charge is 0.354 e. The molecule has 3 atom stereocenters. The third-order valence-electron chi connectivity index (χ3n) is 2.06. The lowest BCUT2D eigenvalue weighted by molar-refractivity contribution is -0.161. The van der Waals surface area contributed by atoms with E-state index in [9.17, 15) is 4.79 Å². The van der Waals surface area contributed by atoms with Gasteiger partial charge in [0, 0.05) is 7.11 Å². The van der Waals surface area contributed by atoms with Crippen LogP contribution in [0.2, 0.25) is 0 Å². The van der Waals surface area contributed by atoms with E-state index in [0.717, 1.165) is 0 Å². The summed E-state index contributed by atoms with van der Waals surface area (Å²) in [7, 11) is 1.46. The number of esters is 1. The Morgan fingerprint density at radius 1 is 1.83 bits per heavy atom. The molecule has 1 fully saturated rings. The van der Waals surface area contributed by atoms with Crippen LogP contribution in [-0.4, -0.2) is 30.9 Å². The second-order valence-corrected chi connectivity index (χ2v) is 3.29. The topological polar surface area (TPSA) is 60.2 Å². The molecule has 66 valence electrons. The molecule has 5 nitrogen and oxygen atoms in total. The Hall–Kier alpha value is -0.680. The number of fused-ring (bicyclic) bond motifs is 1. The molecular formula is C6H7ClN2O3. The van der Waals surface area contributed by atoms with Crippen LogP contribution in [0.15, 0.2) is 10.2 Å². The SMILES string of the molecule is CO[C@H]1OC(=O)[C@@]2(Cl)N=NC[C@@H]12. The van der Waals surface area contributed by atoms with Crippen molar-refractivity contribution < 1.29 is 14.3 Å². The Bertz CT molecular complexity index is 257. The van der Waals surface area contributed by atoms with E-state index in [4.69, 9.17) is 21.1 Å². The van der Waals surface area contributed by atoms with Crippen molar-refractivity contribution >= 4 is 17.6 Å². The molecule has 0 spiro atoms. The summed E-state index contributed by atoms with van der Waals surface area (Å²) in [5, 5.41) is 7.35. The van der Waals surface area contributed by atoms with Crippen LogP contribution in [0.1, 0.15) is 0 Å². The molecule has 0 unspecified atom stereocenters. The number of hydrogen-bond donors (Lipinski definition) is 0. The van der Waals surface area contributed by atoms with Crippen molar-refractivity contribution in [1.29, 1.82) is 0 Å². The number of hydrogen-bond acceptors (Lipinski definition) is 5. The van der Waals surface area contributed by atoms with Crippen LogP contribution >= 0.6 is 11.6 Å². The Kier molecular flexibility index (Phi) is 1.59. The Balaban J connectivity index is 2.30. The maximum Gasteiger partial charge on any atom is 0.354 e. The quantitative estimate of drug-likeness (QED) is 0.344. The summed E-state index contributed by atoms with van der Waals surface area (Å²) in [6.45, 7) is 0.383. The molecule has 0 aliphatic carbocycles. The third kappa shape index (κ3) is 0.804. The van der Waals surface area contributed by atoms with Crippen LogP contribution in [0.25, 0.3) is 0 Å². The lowest BCUT2D eigenvalue weighted by Gasteiger charge is -2.13. The fourth-order valence-corrected chi connectivity index (χ4v) is 1.64. The highest BCUT2D eigenvalue weighted by Crippen LogP contribution is 2.43. The zero-order valence-corrected chi connectivity index (χ0v) is 7.11. The molecule has 0 saturated carbocycles. The number of cyclic esters (lactones) is 1. The third-order valence-corrected chi connectivity index (χ3v) is 2.57. The van der Waals surface area contributed by atoms with Crippen molar-refractivity contribution in [2.45, 2.75) is 11.3 Å². The summed E-state index contributed by atoms with van der Waals surface area (Å²) in [6, 6.07) is 0. The maximum atomic E-state index is 11.2. The van der Waals surface area contributed by atoms with E-state index >= 15 is 0 Å². The number of carbonyl (C=O) groups excluding carboxylic acids is 1. The molecule has 1 saturated heterocycles. The van der Waals surface area contributed by atoms with Gasteiger partial charge in [0.05, 0.1) is 12.5 Å². The van der Waals surface area contributed by atoms with E-state index in [1.807, 2.05) is 0 Å². The molecule has 0 N–H and O–H groups in total. The second kappa shape index (κ2) is 2.40. The summed E-state index contributed by atoms with van der Waals surface area (Å²) in [5.74, 6) is -0.848. The van der Waals surface area contributed by atoms with Gasteiger partial charge in [-0.2, -0.15) is 10.2 Å². The molecule has 2 heterocycles. The van der Waals surface area contributed by atoms with Crippen molar-refractivity contribution in [3.05, 3.63) is 0 Å². The largest absolute Gasteiger partial charge is 0.432 e. The summed E-state index contributed by atoms with van der Waals surface area (Å²) in [6.07, 6.45) is -0.606. The fraction of sp³-hybridized carbons (Fsp3) is 0.833. The second-order valence-electron chi connectivity index (χ2n) is 2.71. The van der Waals surface area contributed by atoms with Gasteiger partial charge in [0.25, 0.3) is 5.00 Å². The molecule has 0 aromatic rings. The molecule has 2 rings (SSSR count). The number of rotatable bonds is 1. The lowest BCUT2D eigenvalue weighted by atomic mass is 10.0. The molecule has 0 aromatic carbocycles. The molecule has 12 heavy (non-hydrogen) atoms. The van der Waals surface area contributed by atoms with Gasteiger partial charge >= 0.3 is 5.97 Å². The van der Waals surface area contributed by atoms with Gasteiger partial charge in [-0.15, -0.1) is 0 Å². The van der Waals surface area contributed by atoms with E-state index in [-0.39, 0.29) is 5.92 Å². The van der Waals surface area contributed by atoms with E-state index in [0.29, 0.717) is 6.54 Å². The van der Waals surface area contributed by atoms with Crippen LogP contribution in [0.3, 0.4) is 0 Å². The van der Waals surface area contributed by atoms with E-state index in [1.165, 1.54) is 7.11 Å². The van der Waals surface area contributed by atoms with Crippen LogP contribution in [0.5, 0.6) is 0 Å². The van der Waals surface area contributed by atoms with Crippen LogP contribution in [0.4, 0.5) is 0 Å². The van der Waals surface area contributed by atoms with Crippen molar-refractivity contribution in [2.75, 3.05) is 13.7 Å². The zero-order chi connectivity index (χ0) is 8.77. The summed E-state index contributed by atoms with van der Waals surface area (Å²) in [4.78, 5) is 9.84. The number of ether oxygens (including phenoxy) is 2. The predicted octanol–water partition coefficient (Wildman–Crippen LogP) is 0.533. The van der Waals surface area contributed by atoms with Crippen molar-refractivity contribution in [2.24, 2.45) is 16.1 Å². The minimum absolute atomic E-state index is 0.281. The van der Waals surface area contributed by atoms with Gasteiger partial charge in [0.2, 0.25) is 6.29 Å². The first kappa shape index (κ1) is 7.94. The molecule has 2 aliphatic rings. The first-order valence-electron chi connectivity index (χ1n) is 3.50. The van der Waals surface area contributed by atoms with Gasteiger partial charge in [-0.05, 0) is 0 Å². The van der Waals surface area contributed by atoms with E-state index in [2.05, 4.69) is 10.2 Å². The highest BCUT2D eigenvalue weighted by molar-refractivity contribution is 6.34. The van der Waals surface area contributed by atoms with Crippen LogP contribution in [-0.2, 0) is 14.3 Å². The van der Waals surface area contributed by atoms with Gasteiger partial charge in [-0.25, -0.2) is 4.79 Å². The molecule has 0 bridgehead atoms. The van der Waals surface area contributed by atoms with E-state index in [1.54, 1.807) is 0 Å². The lowest BCUT2D eigenvalue weighted by Crippen LogP contribution is -2.32. The highest BCUT2D eigenvalue weighted by Gasteiger charge is 2.60. The predicted molar refractivity (Wildman–Crippen MR) is 38.7 cm³/mol. The van der Waals surface area contributed by atoms with Gasteiger partial charge in [0.1, 0.15) is 0 Å². The summed E-state index contributed by atoms with van der Waals surface area (Å²) < 4.78 is 9.75. The van der Waals surface area contributed by atoms with Crippen molar-refractivity contribution in [1.82, 2.24) is 0 Å². The summed E-state index contributed by atoms with van der Waals surface area (Å²) >= 11 is 5.88. The van der Waals surface area contributed by atoms with E-state index < -0.39 is 17.3 Å². The van der Waals surface area contributed by atoms with Gasteiger partial charge in [-0.1, -0.05) is 11.6 Å². The average Bonchev–Trinajstić information content (AvgIpc) is 2.51. The molecule has 2 aliphatic heterocycles. The molecule has 0 radical (unpaired) electrons. The summed E-state index contributed by atoms with van der Waals surface area (Å²) in [5.41, 5.74) is 0. The first-order valence-corrected chi connectivity index (χ1v) is 3.87. The highest BCUT2D eigenvalue weighted by atomic mass is 35.5.